The lowest BCUT2D eigenvalue weighted by Crippen LogP contribution is -2.43. The minimum absolute atomic E-state index is 0.914. The van der Waals surface area contributed by atoms with E-state index in [1.165, 1.54) is 16.7 Å². The number of imidazole rings is 1. The molecule has 0 fully saturated rings. The molecule has 0 radical (unpaired) electrons. The Morgan fingerprint density at radius 3 is 1.59 bits per heavy atom. The van der Waals surface area contributed by atoms with Gasteiger partial charge >= 0.3 is 36.1 Å². The maximum atomic E-state index is 11.3. The lowest BCUT2D eigenvalue weighted by Gasteiger charge is -2.13. The molecule has 0 aliphatic heterocycles. The number of nitrogens with zero attached hydrogens (tertiary/aromatic N) is 1. The van der Waals surface area contributed by atoms with Crippen LogP contribution in [0.2, 0.25) is 0 Å². The van der Waals surface area contributed by atoms with Gasteiger partial charge < -0.3 is 15.2 Å². The Balaban J connectivity index is 0.000000495. The summed E-state index contributed by atoms with van der Waals surface area (Å²) in [5.41, 5.74) is 5.17. The van der Waals surface area contributed by atoms with Crippen LogP contribution in [-0.2, 0) is 16.0 Å². The first-order valence-electron chi connectivity index (χ1n) is 8.54. The predicted molar refractivity (Wildman–Crippen MR) is 94.6 cm³/mol. The maximum Gasteiger partial charge on any atom is 0.465 e. The second kappa shape index (κ2) is 11.2. The summed E-state index contributed by atoms with van der Waals surface area (Å²) in [6.45, 7) is 4.31. The highest BCUT2D eigenvalue weighted by molar-refractivity contribution is 5.76. The van der Waals surface area contributed by atoms with Crippen LogP contribution < -0.4 is 0 Å². The largest absolute Gasteiger partial charge is 0.477 e. The number of aromatic nitrogens is 2. The lowest BCUT2D eigenvalue weighted by atomic mass is 10.0. The van der Waals surface area contributed by atoms with Crippen LogP contribution in [0.25, 0.3) is 0 Å². The third-order valence-corrected chi connectivity index (χ3v) is 3.89. The van der Waals surface area contributed by atoms with Gasteiger partial charge in [0, 0.05) is 12.6 Å². The molecule has 192 valence electrons. The molecule has 0 atom stereocenters. The monoisotopic (exact) mass is 514 g/mol. The number of H-pyrrole nitrogens is 1. The molecule has 0 aliphatic carbocycles. The summed E-state index contributed by atoms with van der Waals surface area (Å²) >= 11 is 0. The Morgan fingerprint density at radius 2 is 1.29 bits per heavy atom. The summed E-state index contributed by atoms with van der Waals surface area (Å²) in [5.74, 6) is -17.7. The van der Waals surface area contributed by atoms with Gasteiger partial charge in [0.25, 0.3) is 0 Å². The summed E-state index contributed by atoms with van der Waals surface area (Å²) in [4.78, 5) is 25.6. The normalized spacial score (nSPS) is 12.1. The average Bonchev–Trinajstić information content (AvgIpc) is 3.17. The number of benzene rings is 1. The number of aromatic amines is 1. The van der Waals surface area contributed by atoms with Crippen molar-refractivity contribution in [3.05, 3.63) is 53.1 Å². The van der Waals surface area contributed by atoms with E-state index in [2.05, 4.69) is 42.0 Å². The van der Waals surface area contributed by atoms with Crippen LogP contribution in [0, 0.1) is 13.8 Å². The van der Waals surface area contributed by atoms with Crippen molar-refractivity contribution in [2.75, 3.05) is 0 Å². The molecule has 16 heteroatoms. The van der Waals surface area contributed by atoms with E-state index in [1.807, 2.05) is 6.20 Å². The molecule has 0 unspecified atom stereocenters. The molecule has 0 aliphatic rings. The molecule has 6 nitrogen and oxygen atoms in total. The first-order valence-corrected chi connectivity index (χ1v) is 8.54. The zero-order chi connectivity index (χ0) is 27.1. The van der Waals surface area contributed by atoms with Crippen LogP contribution in [-0.4, -0.2) is 56.3 Å². The Morgan fingerprint density at radius 1 is 0.853 bits per heavy atom. The van der Waals surface area contributed by atoms with Crippen LogP contribution in [0.15, 0.2) is 30.7 Å². The number of nitrogens with one attached hydrogen (secondary N) is 1. The highest BCUT2D eigenvalue weighted by Gasteiger charge is 2.64. The summed E-state index contributed by atoms with van der Waals surface area (Å²) in [5, 5.41) is 14.6. The Hall–Kier alpha value is -3.33. The summed E-state index contributed by atoms with van der Waals surface area (Å²) in [6.07, 6.45) is -7.45. The number of halogens is 10. The fourth-order valence-electron chi connectivity index (χ4n) is 1.83. The van der Waals surface area contributed by atoms with Gasteiger partial charge in [-0.2, -0.15) is 43.9 Å². The van der Waals surface area contributed by atoms with Crippen LogP contribution in [0.5, 0.6) is 0 Å². The molecular weight excluding hydrogens is 498 g/mol. The van der Waals surface area contributed by atoms with E-state index in [1.54, 1.807) is 6.33 Å². The van der Waals surface area contributed by atoms with Gasteiger partial charge in [-0.15, -0.1) is 0 Å². The van der Waals surface area contributed by atoms with E-state index >= 15 is 0 Å². The minimum atomic E-state index is -6.02. The summed E-state index contributed by atoms with van der Waals surface area (Å²) in [6, 6.07) is 6.41. The van der Waals surface area contributed by atoms with E-state index in [0.29, 0.717) is 0 Å². The van der Waals surface area contributed by atoms with Gasteiger partial charge in [-0.05, 0) is 30.5 Å². The first kappa shape index (κ1) is 30.7. The first-order chi connectivity index (χ1) is 15.2. The third kappa shape index (κ3) is 8.22. The highest BCUT2D eigenvalue weighted by Crippen LogP contribution is 2.36. The Kier molecular flexibility index (Phi) is 10.1. The molecule has 1 aromatic carbocycles. The van der Waals surface area contributed by atoms with Crippen molar-refractivity contribution in [1.82, 2.24) is 9.97 Å². The van der Waals surface area contributed by atoms with Gasteiger partial charge in [0.05, 0.1) is 12.0 Å². The van der Waals surface area contributed by atoms with Crippen molar-refractivity contribution in [3.8, 4) is 0 Å². The molecule has 1 aromatic heterocycles. The molecule has 2 aromatic rings. The molecule has 0 saturated carbocycles. The topological polar surface area (TPSA) is 103 Å². The molecule has 0 saturated heterocycles. The smallest absolute Gasteiger partial charge is 0.465 e. The zero-order valence-corrected chi connectivity index (χ0v) is 17.0. The number of hydrogen-bond donors (Lipinski definition) is 3. The molecule has 1 heterocycles. The fraction of sp³-hybridized carbons (Fsp3) is 0.389. The number of carboxylic acids is 2. The number of rotatable bonds is 4. The summed E-state index contributed by atoms with van der Waals surface area (Å²) < 4.78 is 111. The van der Waals surface area contributed by atoms with E-state index in [9.17, 15) is 53.5 Å². The van der Waals surface area contributed by atoms with Gasteiger partial charge in [0.1, 0.15) is 0 Å². The van der Waals surface area contributed by atoms with E-state index < -0.39 is 36.1 Å². The van der Waals surface area contributed by atoms with Crippen LogP contribution in [0.4, 0.5) is 43.9 Å². The van der Waals surface area contributed by atoms with Crippen molar-refractivity contribution >= 4 is 11.9 Å². The number of carboxylic acid groups (broad SMARTS) is 2. The highest BCUT2D eigenvalue weighted by atomic mass is 19.4. The van der Waals surface area contributed by atoms with E-state index in [4.69, 9.17) is 10.2 Å². The second-order valence-corrected chi connectivity index (χ2v) is 6.35. The number of aliphatic carboxylic acids is 2. The Bertz CT molecular complexity index is 919. The van der Waals surface area contributed by atoms with E-state index in [0.717, 1.165) is 12.1 Å². The maximum absolute atomic E-state index is 11.3. The van der Waals surface area contributed by atoms with Gasteiger partial charge in [-0.3, -0.25) is 0 Å². The minimum Gasteiger partial charge on any atom is -0.477 e. The van der Waals surface area contributed by atoms with Gasteiger partial charge in [0.2, 0.25) is 0 Å². The van der Waals surface area contributed by atoms with Gasteiger partial charge in [-0.25, -0.2) is 14.6 Å². The van der Waals surface area contributed by atoms with Crippen LogP contribution in [0.3, 0.4) is 0 Å². The molecular formula is C18H16F10N2O4. The second-order valence-electron chi connectivity index (χ2n) is 6.35. The number of hydrogen-bond acceptors (Lipinski definition) is 3. The van der Waals surface area contributed by atoms with Crippen LogP contribution >= 0.6 is 0 Å². The molecule has 34 heavy (non-hydrogen) atoms. The number of aryl methyl sites for hydroxylation is 1. The van der Waals surface area contributed by atoms with Gasteiger partial charge in [-0.1, -0.05) is 18.2 Å². The van der Waals surface area contributed by atoms with Gasteiger partial charge in [0.15, 0.2) is 0 Å². The standard InChI is InChI=1S/C12H14N2.2C3HF5O2/c1-9-4-3-5-11(10(9)2)6-12-7-13-8-14-12;2*4-2(5,1(9)10)3(6,7)8/h3-5,7-8H,6H2,1-2H3,(H,13,14);2*(H,9,10). The predicted octanol–water partition coefficient (Wildman–Crippen LogP) is 5.15. The van der Waals surface area contributed by atoms with Crippen molar-refractivity contribution in [1.29, 1.82) is 0 Å². The lowest BCUT2D eigenvalue weighted by molar-refractivity contribution is -0.278. The fourth-order valence-corrected chi connectivity index (χ4v) is 1.83. The van der Waals surface area contributed by atoms with Crippen LogP contribution in [0.1, 0.15) is 22.4 Å². The average molecular weight is 514 g/mol. The SMILES string of the molecule is Cc1cccc(Cc2c[nH]cn2)c1C.O=C(O)C(F)(F)C(F)(F)F.O=C(O)C(F)(F)C(F)(F)F. The van der Waals surface area contributed by atoms with Crippen molar-refractivity contribution in [3.63, 3.8) is 0 Å². The molecule has 0 bridgehead atoms. The zero-order valence-electron chi connectivity index (χ0n) is 17.0. The molecule has 2 rings (SSSR count). The molecule has 3 N–H and O–H groups in total. The van der Waals surface area contributed by atoms with Crippen molar-refractivity contribution < 1.29 is 63.7 Å². The third-order valence-electron chi connectivity index (χ3n) is 3.89. The summed E-state index contributed by atoms with van der Waals surface area (Å²) in [7, 11) is 0. The molecule has 0 amide bonds. The quantitative estimate of drug-likeness (QED) is 0.490. The van der Waals surface area contributed by atoms with E-state index in [-0.39, 0.29) is 0 Å². The number of alkyl halides is 10. The van der Waals surface area contributed by atoms with Crippen molar-refractivity contribution in [2.45, 2.75) is 44.5 Å². The number of carbonyl (C=O) groups is 2. The van der Waals surface area contributed by atoms with Crippen molar-refractivity contribution in [2.24, 2.45) is 0 Å². The molecule has 0 spiro atoms. The Labute approximate surface area is 184 Å².